The molecule has 1 aliphatic heterocycles. The van der Waals surface area contributed by atoms with Gasteiger partial charge in [-0.1, -0.05) is 0 Å². The standard InChI is InChI=1S/C17H25N5OS/c1-19-5-4-18-16(19)12-21-6-8-22(9-7-21)13-17(23)20(2)11-15-3-10-24-14-15/h3-5,10,14H,6-9,11-13H2,1-2H3. The molecule has 0 atom stereocenters. The molecule has 2 aromatic heterocycles. The van der Waals surface area contributed by atoms with Gasteiger partial charge in [0.25, 0.3) is 0 Å². The third kappa shape index (κ3) is 4.43. The van der Waals surface area contributed by atoms with Crippen LogP contribution in [-0.4, -0.2) is 69.9 Å². The lowest BCUT2D eigenvalue weighted by molar-refractivity contribution is -0.132. The minimum Gasteiger partial charge on any atom is -0.340 e. The molecule has 3 rings (SSSR count). The number of aromatic nitrogens is 2. The topological polar surface area (TPSA) is 44.6 Å². The minimum atomic E-state index is 0.193. The number of aryl methyl sites for hydroxylation is 1. The summed E-state index contributed by atoms with van der Waals surface area (Å²) in [5.74, 6) is 1.29. The first-order valence-corrected chi connectivity index (χ1v) is 9.22. The molecule has 2 aromatic rings. The summed E-state index contributed by atoms with van der Waals surface area (Å²) in [6.45, 7) is 5.91. The zero-order valence-corrected chi connectivity index (χ0v) is 15.2. The number of imidazole rings is 1. The largest absolute Gasteiger partial charge is 0.340 e. The summed E-state index contributed by atoms with van der Waals surface area (Å²) in [7, 11) is 3.91. The van der Waals surface area contributed by atoms with E-state index in [0.717, 1.165) is 38.5 Å². The fourth-order valence-electron chi connectivity index (χ4n) is 2.91. The molecular formula is C17H25N5OS. The van der Waals surface area contributed by atoms with Gasteiger partial charge in [0.05, 0.1) is 13.1 Å². The second-order valence-corrected chi connectivity index (χ2v) is 7.17. The molecule has 3 heterocycles. The first-order valence-electron chi connectivity index (χ1n) is 8.28. The first-order chi connectivity index (χ1) is 11.6. The third-order valence-electron chi connectivity index (χ3n) is 4.54. The van der Waals surface area contributed by atoms with Gasteiger partial charge in [0.2, 0.25) is 5.91 Å². The lowest BCUT2D eigenvalue weighted by Crippen LogP contribution is -2.49. The van der Waals surface area contributed by atoms with Gasteiger partial charge >= 0.3 is 0 Å². The van der Waals surface area contributed by atoms with Gasteiger partial charge in [0.15, 0.2) is 0 Å². The molecule has 7 heteroatoms. The van der Waals surface area contributed by atoms with Gasteiger partial charge < -0.3 is 9.47 Å². The maximum atomic E-state index is 12.4. The number of hydrogen-bond acceptors (Lipinski definition) is 5. The summed E-state index contributed by atoms with van der Waals surface area (Å²) in [5.41, 5.74) is 1.20. The average molecular weight is 347 g/mol. The Kier molecular flexibility index (Phi) is 5.65. The first kappa shape index (κ1) is 17.1. The Morgan fingerprint density at radius 2 is 2.04 bits per heavy atom. The quantitative estimate of drug-likeness (QED) is 0.789. The van der Waals surface area contributed by atoms with Crippen molar-refractivity contribution in [2.75, 3.05) is 39.8 Å². The van der Waals surface area contributed by atoms with Crippen molar-refractivity contribution in [3.05, 3.63) is 40.6 Å². The molecule has 1 aliphatic rings. The fraction of sp³-hybridized carbons (Fsp3) is 0.529. The SMILES string of the molecule is CN(Cc1ccsc1)C(=O)CN1CCN(Cc2nccn2C)CC1. The summed E-state index contributed by atoms with van der Waals surface area (Å²) in [4.78, 5) is 23.2. The van der Waals surface area contributed by atoms with E-state index < -0.39 is 0 Å². The van der Waals surface area contributed by atoms with Gasteiger partial charge in [0.1, 0.15) is 5.82 Å². The van der Waals surface area contributed by atoms with Crippen molar-refractivity contribution >= 4 is 17.2 Å². The van der Waals surface area contributed by atoms with Crippen molar-refractivity contribution in [2.45, 2.75) is 13.1 Å². The van der Waals surface area contributed by atoms with Crippen LogP contribution in [0.3, 0.4) is 0 Å². The van der Waals surface area contributed by atoms with Crippen LogP contribution in [0.4, 0.5) is 0 Å². The van der Waals surface area contributed by atoms with Gasteiger partial charge in [-0.2, -0.15) is 11.3 Å². The molecule has 24 heavy (non-hydrogen) atoms. The smallest absolute Gasteiger partial charge is 0.236 e. The number of nitrogens with zero attached hydrogens (tertiary/aromatic N) is 5. The Bertz CT molecular complexity index is 646. The number of carbonyl (C=O) groups excluding carboxylic acids is 1. The number of carbonyl (C=O) groups is 1. The summed E-state index contributed by atoms with van der Waals surface area (Å²) >= 11 is 1.67. The Hall–Kier alpha value is -1.70. The van der Waals surface area contributed by atoms with Crippen LogP contribution in [0.5, 0.6) is 0 Å². The lowest BCUT2D eigenvalue weighted by Gasteiger charge is -2.34. The van der Waals surface area contributed by atoms with E-state index in [9.17, 15) is 4.79 Å². The summed E-state index contributed by atoms with van der Waals surface area (Å²) in [6.07, 6.45) is 3.82. The summed E-state index contributed by atoms with van der Waals surface area (Å²) < 4.78 is 2.06. The van der Waals surface area contributed by atoms with E-state index in [0.29, 0.717) is 13.1 Å². The molecule has 1 fully saturated rings. The predicted molar refractivity (Wildman–Crippen MR) is 95.7 cm³/mol. The van der Waals surface area contributed by atoms with Crippen LogP contribution >= 0.6 is 11.3 Å². The van der Waals surface area contributed by atoms with E-state index >= 15 is 0 Å². The van der Waals surface area contributed by atoms with Crippen LogP contribution in [0.1, 0.15) is 11.4 Å². The van der Waals surface area contributed by atoms with Crippen molar-refractivity contribution in [1.29, 1.82) is 0 Å². The predicted octanol–water partition coefficient (Wildman–Crippen LogP) is 1.26. The Morgan fingerprint density at radius 1 is 1.29 bits per heavy atom. The Morgan fingerprint density at radius 3 is 2.67 bits per heavy atom. The van der Waals surface area contributed by atoms with Crippen molar-refractivity contribution in [2.24, 2.45) is 7.05 Å². The van der Waals surface area contributed by atoms with Gasteiger partial charge in [-0.05, 0) is 22.4 Å². The second-order valence-electron chi connectivity index (χ2n) is 6.39. The molecule has 1 saturated heterocycles. The molecule has 0 spiro atoms. The van der Waals surface area contributed by atoms with Gasteiger partial charge in [-0.3, -0.25) is 14.6 Å². The molecular weight excluding hydrogens is 322 g/mol. The average Bonchev–Trinajstić information content (AvgIpc) is 3.21. The van der Waals surface area contributed by atoms with Crippen molar-refractivity contribution in [3.8, 4) is 0 Å². The molecule has 130 valence electrons. The van der Waals surface area contributed by atoms with E-state index in [1.165, 1.54) is 5.56 Å². The minimum absolute atomic E-state index is 0.193. The van der Waals surface area contributed by atoms with Crippen LogP contribution in [0.25, 0.3) is 0 Å². The normalized spacial score (nSPS) is 16.4. The van der Waals surface area contributed by atoms with E-state index in [1.54, 1.807) is 11.3 Å². The number of thiophene rings is 1. The van der Waals surface area contributed by atoms with E-state index in [1.807, 2.05) is 31.4 Å². The highest BCUT2D eigenvalue weighted by atomic mass is 32.1. The van der Waals surface area contributed by atoms with E-state index in [4.69, 9.17) is 0 Å². The van der Waals surface area contributed by atoms with Crippen LogP contribution in [0.2, 0.25) is 0 Å². The highest BCUT2D eigenvalue weighted by Crippen LogP contribution is 2.10. The molecule has 0 aromatic carbocycles. The van der Waals surface area contributed by atoms with Gasteiger partial charge in [-0.25, -0.2) is 4.98 Å². The van der Waals surface area contributed by atoms with Crippen LogP contribution in [0, 0.1) is 0 Å². The fourth-order valence-corrected chi connectivity index (χ4v) is 3.57. The number of likely N-dealkylation sites (N-methyl/N-ethyl adjacent to an activating group) is 1. The summed E-state index contributed by atoms with van der Waals surface area (Å²) in [5, 5.41) is 4.15. The highest BCUT2D eigenvalue weighted by molar-refractivity contribution is 7.07. The Labute approximate surface area is 147 Å². The van der Waals surface area contributed by atoms with Crippen LogP contribution in [0.15, 0.2) is 29.2 Å². The molecule has 0 aliphatic carbocycles. The van der Waals surface area contributed by atoms with Crippen molar-refractivity contribution in [3.63, 3.8) is 0 Å². The van der Waals surface area contributed by atoms with Crippen molar-refractivity contribution in [1.82, 2.24) is 24.3 Å². The van der Waals surface area contributed by atoms with Crippen molar-refractivity contribution < 1.29 is 4.79 Å². The molecule has 6 nitrogen and oxygen atoms in total. The maximum absolute atomic E-state index is 12.4. The van der Waals surface area contributed by atoms with Gasteiger partial charge in [-0.15, -0.1) is 0 Å². The zero-order valence-electron chi connectivity index (χ0n) is 14.4. The highest BCUT2D eigenvalue weighted by Gasteiger charge is 2.21. The monoisotopic (exact) mass is 347 g/mol. The molecule has 0 bridgehead atoms. The zero-order chi connectivity index (χ0) is 16.9. The number of rotatable bonds is 6. The van der Waals surface area contributed by atoms with Gasteiger partial charge in [0, 0.05) is 59.2 Å². The maximum Gasteiger partial charge on any atom is 0.236 e. The number of hydrogen-bond donors (Lipinski definition) is 0. The number of piperazine rings is 1. The molecule has 0 radical (unpaired) electrons. The van der Waals surface area contributed by atoms with Crippen LogP contribution < -0.4 is 0 Å². The Balaban J connectivity index is 1.41. The molecule has 0 N–H and O–H groups in total. The number of amides is 1. The third-order valence-corrected chi connectivity index (χ3v) is 5.27. The van der Waals surface area contributed by atoms with E-state index in [2.05, 4.69) is 36.2 Å². The molecule has 1 amide bonds. The lowest BCUT2D eigenvalue weighted by atomic mass is 10.3. The van der Waals surface area contributed by atoms with E-state index in [-0.39, 0.29) is 5.91 Å². The molecule has 0 saturated carbocycles. The summed E-state index contributed by atoms with van der Waals surface area (Å²) in [6, 6.07) is 2.07. The molecule has 0 unspecified atom stereocenters. The van der Waals surface area contributed by atoms with Crippen LogP contribution in [-0.2, 0) is 24.9 Å². The second kappa shape index (κ2) is 7.92.